The lowest BCUT2D eigenvalue weighted by Gasteiger charge is -2.16. The molecule has 0 bridgehead atoms. The number of pyridine rings is 1. The second-order valence-corrected chi connectivity index (χ2v) is 6.98. The maximum Gasteiger partial charge on any atom is 0.197 e. The van der Waals surface area contributed by atoms with Crippen molar-refractivity contribution in [1.29, 1.82) is 0 Å². The van der Waals surface area contributed by atoms with Crippen LogP contribution < -0.4 is 11.2 Å². The van der Waals surface area contributed by atoms with Crippen molar-refractivity contribution in [3.8, 4) is 5.69 Å². The number of hydrogen-bond acceptors (Lipinski definition) is 4. The molecule has 0 aliphatic rings. The van der Waals surface area contributed by atoms with Crippen molar-refractivity contribution >= 4 is 38.9 Å². The summed E-state index contributed by atoms with van der Waals surface area (Å²) in [5, 5.41) is 9.88. The van der Waals surface area contributed by atoms with Gasteiger partial charge in [-0.15, -0.1) is 5.11 Å². The molecule has 0 aliphatic heterocycles. The van der Waals surface area contributed by atoms with Gasteiger partial charge in [0.25, 0.3) is 0 Å². The highest BCUT2D eigenvalue weighted by molar-refractivity contribution is 5.95. The van der Waals surface area contributed by atoms with Crippen LogP contribution in [0.5, 0.6) is 0 Å². The standard InChI is InChI=1S/C25H18N4O/c26-21-16-18(14-15-22(21)28-27-17-8-2-1-3-9-17)29-23-12-6-4-10-19(23)25(30)20-11-5-7-13-24(20)29/h1-16H,26H2. The molecule has 0 radical (unpaired) electrons. The van der Waals surface area contributed by atoms with Crippen LogP contribution in [0.2, 0.25) is 0 Å². The molecule has 0 atom stereocenters. The minimum Gasteiger partial charge on any atom is -0.397 e. The molecule has 2 N–H and O–H groups in total. The molecule has 1 heterocycles. The maximum absolute atomic E-state index is 12.9. The number of anilines is 1. The molecule has 0 aliphatic carbocycles. The third kappa shape index (κ3) is 3.02. The number of fused-ring (bicyclic) bond motifs is 2. The second kappa shape index (κ2) is 7.29. The predicted molar refractivity (Wildman–Crippen MR) is 122 cm³/mol. The molecule has 144 valence electrons. The van der Waals surface area contributed by atoms with Crippen molar-refractivity contribution < 1.29 is 0 Å². The molecule has 4 aromatic carbocycles. The first-order chi connectivity index (χ1) is 14.7. The van der Waals surface area contributed by atoms with Gasteiger partial charge in [-0.2, -0.15) is 5.11 Å². The zero-order valence-corrected chi connectivity index (χ0v) is 16.1. The molecule has 0 spiro atoms. The van der Waals surface area contributed by atoms with Crippen LogP contribution >= 0.6 is 0 Å². The maximum atomic E-state index is 12.9. The van der Waals surface area contributed by atoms with Crippen molar-refractivity contribution in [3.05, 3.63) is 107 Å². The van der Waals surface area contributed by atoms with Gasteiger partial charge in [0.1, 0.15) is 5.69 Å². The summed E-state index contributed by atoms with van der Waals surface area (Å²) in [6, 6.07) is 30.4. The highest BCUT2D eigenvalue weighted by Gasteiger charge is 2.12. The molecule has 0 unspecified atom stereocenters. The SMILES string of the molecule is Nc1cc(-n2c3ccccc3c(=O)c3ccccc32)ccc1N=Nc1ccccc1. The van der Waals surface area contributed by atoms with Gasteiger partial charge in [-0.3, -0.25) is 4.79 Å². The van der Waals surface area contributed by atoms with E-state index in [-0.39, 0.29) is 5.43 Å². The van der Waals surface area contributed by atoms with Gasteiger partial charge < -0.3 is 10.3 Å². The molecule has 0 amide bonds. The molecule has 5 rings (SSSR count). The number of nitrogens with two attached hydrogens (primary N) is 1. The van der Waals surface area contributed by atoms with E-state index < -0.39 is 0 Å². The molecule has 0 fully saturated rings. The average Bonchev–Trinajstić information content (AvgIpc) is 2.79. The number of hydrogen-bond donors (Lipinski definition) is 1. The fourth-order valence-electron chi connectivity index (χ4n) is 3.65. The lowest BCUT2D eigenvalue weighted by Crippen LogP contribution is -2.10. The summed E-state index contributed by atoms with van der Waals surface area (Å²) >= 11 is 0. The number of rotatable bonds is 3. The highest BCUT2D eigenvalue weighted by Crippen LogP contribution is 2.30. The summed E-state index contributed by atoms with van der Waals surface area (Å²) in [5.41, 5.74) is 10.7. The lowest BCUT2D eigenvalue weighted by atomic mass is 10.1. The molecule has 5 heteroatoms. The van der Waals surface area contributed by atoms with Gasteiger partial charge >= 0.3 is 0 Å². The Bertz CT molecular complexity index is 1410. The van der Waals surface area contributed by atoms with Crippen LogP contribution in [0.1, 0.15) is 0 Å². The van der Waals surface area contributed by atoms with Gasteiger partial charge in [-0.25, -0.2) is 0 Å². The minimum atomic E-state index is 0.0266. The first-order valence-electron chi connectivity index (χ1n) is 9.61. The van der Waals surface area contributed by atoms with E-state index in [4.69, 9.17) is 5.73 Å². The van der Waals surface area contributed by atoms with Crippen molar-refractivity contribution in [2.75, 3.05) is 5.73 Å². The first kappa shape index (κ1) is 17.8. The van der Waals surface area contributed by atoms with Crippen LogP contribution in [0, 0.1) is 0 Å². The van der Waals surface area contributed by atoms with Crippen molar-refractivity contribution in [2.45, 2.75) is 0 Å². The fraction of sp³-hybridized carbons (Fsp3) is 0. The van der Waals surface area contributed by atoms with Crippen LogP contribution in [-0.4, -0.2) is 4.57 Å². The summed E-state index contributed by atoms with van der Waals surface area (Å²) in [6.45, 7) is 0. The number of aromatic nitrogens is 1. The van der Waals surface area contributed by atoms with Gasteiger partial charge in [0.15, 0.2) is 5.43 Å². The normalized spacial score (nSPS) is 11.5. The van der Waals surface area contributed by atoms with E-state index in [1.807, 2.05) is 97.1 Å². The zero-order valence-electron chi connectivity index (χ0n) is 16.1. The zero-order chi connectivity index (χ0) is 20.5. The lowest BCUT2D eigenvalue weighted by molar-refractivity contribution is 1.16. The molecular weight excluding hydrogens is 372 g/mol. The summed E-state index contributed by atoms with van der Waals surface area (Å²) < 4.78 is 2.06. The number of nitrogens with zero attached hydrogens (tertiary/aromatic N) is 3. The van der Waals surface area contributed by atoms with Gasteiger partial charge in [0.2, 0.25) is 0 Å². The molecule has 0 saturated heterocycles. The largest absolute Gasteiger partial charge is 0.397 e. The fourth-order valence-corrected chi connectivity index (χ4v) is 3.65. The number of nitrogen functional groups attached to an aromatic ring is 1. The monoisotopic (exact) mass is 390 g/mol. The van der Waals surface area contributed by atoms with Crippen LogP contribution in [0.25, 0.3) is 27.5 Å². The van der Waals surface area contributed by atoms with Crippen LogP contribution in [0.3, 0.4) is 0 Å². The van der Waals surface area contributed by atoms with Crippen molar-refractivity contribution in [3.63, 3.8) is 0 Å². The third-order valence-corrected chi connectivity index (χ3v) is 5.08. The molecule has 1 aromatic heterocycles. The van der Waals surface area contributed by atoms with Crippen LogP contribution in [0.4, 0.5) is 17.1 Å². The summed E-state index contributed by atoms with van der Waals surface area (Å²) in [4.78, 5) is 12.9. The van der Waals surface area contributed by atoms with E-state index in [0.29, 0.717) is 22.1 Å². The Morgan fingerprint density at radius 2 is 1.27 bits per heavy atom. The molecule has 30 heavy (non-hydrogen) atoms. The van der Waals surface area contributed by atoms with E-state index in [2.05, 4.69) is 14.8 Å². The Hall–Kier alpha value is -4.25. The van der Waals surface area contributed by atoms with Crippen molar-refractivity contribution in [2.24, 2.45) is 10.2 Å². The Morgan fingerprint density at radius 1 is 0.667 bits per heavy atom. The summed E-state index contributed by atoms with van der Waals surface area (Å²) in [7, 11) is 0. The van der Waals surface area contributed by atoms with Crippen molar-refractivity contribution in [1.82, 2.24) is 4.57 Å². The van der Waals surface area contributed by atoms with E-state index in [1.54, 1.807) is 0 Å². The second-order valence-electron chi connectivity index (χ2n) is 6.98. The molecule has 0 saturated carbocycles. The van der Waals surface area contributed by atoms with Crippen LogP contribution in [0.15, 0.2) is 112 Å². The van der Waals surface area contributed by atoms with E-state index in [0.717, 1.165) is 22.4 Å². The van der Waals surface area contributed by atoms with Gasteiger partial charge in [0.05, 0.1) is 22.4 Å². The van der Waals surface area contributed by atoms with Gasteiger partial charge in [0, 0.05) is 16.5 Å². The topological polar surface area (TPSA) is 72.7 Å². The third-order valence-electron chi connectivity index (χ3n) is 5.08. The van der Waals surface area contributed by atoms with E-state index in [1.165, 1.54) is 0 Å². The van der Waals surface area contributed by atoms with Crippen LogP contribution in [-0.2, 0) is 0 Å². The summed E-state index contributed by atoms with van der Waals surface area (Å²) in [6.07, 6.45) is 0. The quantitative estimate of drug-likeness (QED) is 0.228. The van der Waals surface area contributed by atoms with E-state index in [9.17, 15) is 4.79 Å². The Kier molecular flexibility index (Phi) is 4.33. The summed E-state index contributed by atoms with van der Waals surface area (Å²) in [5.74, 6) is 0. The highest BCUT2D eigenvalue weighted by atomic mass is 16.1. The molecule has 5 nitrogen and oxygen atoms in total. The average molecular weight is 390 g/mol. The molecule has 5 aromatic rings. The van der Waals surface area contributed by atoms with Gasteiger partial charge in [-0.05, 0) is 54.6 Å². The Labute approximate surface area is 172 Å². The molecular formula is C25H18N4O. The first-order valence-corrected chi connectivity index (χ1v) is 9.61. The number of azo groups is 1. The Balaban J connectivity index is 1.69. The van der Waals surface area contributed by atoms with E-state index >= 15 is 0 Å². The number of para-hydroxylation sites is 2. The number of benzene rings is 4. The smallest absolute Gasteiger partial charge is 0.197 e. The van der Waals surface area contributed by atoms with Gasteiger partial charge in [-0.1, -0.05) is 42.5 Å². The Morgan fingerprint density at radius 3 is 1.90 bits per heavy atom. The predicted octanol–water partition coefficient (Wildman–Crippen LogP) is 6.14. The minimum absolute atomic E-state index is 0.0266.